The fourth-order valence-corrected chi connectivity index (χ4v) is 5.71. The number of fused-ring (bicyclic) bond motifs is 3. The molecule has 3 aliphatic heterocycles. The zero-order valence-corrected chi connectivity index (χ0v) is 14.8. The SMILES string of the molecule is CC1CN(C(=O)C23CCC(=O)N2c2ccccc2S3)CCC1C(=O)O. The van der Waals surface area contributed by atoms with Crippen LogP contribution in [0.5, 0.6) is 0 Å². The van der Waals surface area contributed by atoms with E-state index < -0.39 is 16.8 Å². The summed E-state index contributed by atoms with van der Waals surface area (Å²) in [5.74, 6) is -1.37. The van der Waals surface area contributed by atoms with Crippen LogP contribution in [0.1, 0.15) is 26.2 Å². The fourth-order valence-electron chi connectivity index (χ4n) is 4.23. The van der Waals surface area contributed by atoms with E-state index in [9.17, 15) is 19.5 Å². The van der Waals surface area contributed by atoms with E-state index in [2.05, 4.69) is 0 Å². The van der Waals surface area contributed by atoms with Crippen LogP contribution in [0.2, 0.25) is 0 Å². The summed E-state index contributed by atoms with van der Waals surface area (Å²) in [7, 11) is 0. The number of amides is 2. The van der Waals surface area contributed by atoms with Gasteiger partial charge in [-0.3, -0.25) is 19.3 Å². The zero-order valence-electron chi connectivity index (χ0n) is 14.0. The monoisotopic (exact) mass is 360 g/mol. The van der Waals surface area contributed by atoms with Gasteiger partial charge in [0.15, 0.2) is 4.87 Å². The second kappa shape index (κ2) is 5.76. The molecule has 3 heterocycles. The van der Waals surface area contributed by atoms with Crippen LogP contribution in [0.4, 0.5) is 5.69 Å². The molecule has 3 atom stereocenters. The van der Waals surface area contributed by atoms with Gasteiger partial charge in [-0.25, -0.2) is 0 Å². The van der Waals surface area contributed by atoms with Gasteiger partial charge in [-0.2, -0.15) is 0 Å². The molecule has 1 N–H and O–H groups in total. The Labute approximate surface area is 150 Å². The molecule has 6 nitrogen and oxygen atoms in total. The van der Waals surface area contributed by atoms with E-state index in [0.717, 1.165) is 10.6 Å². The Balaban J connectivity index is 1.62. The average Bonchev–Trinajstić information content (AvgIpc) is 3.09. The van der Waals surface area contributed by atoms with Gasteiger partial charge in [0.2, 0.25) is 5.91 Å². The van der Waals surface area contributed by atoms with Crippen LogP contribution in [0, 0.1) is 11.8 Å². The van der Waals surface area contributed by atoms with Gasteiger partial charge in [0, 0.05) is 24.4 Å². The van der Waals surface area contributed by atoms with Gasteiger partial charge in [0.25, 0.3) is 5.91 Å². The van der Waals surface area contributed by atoms with E-state index in [1.54, 1.807) is 9.80 Å². The summed E-state index contributed by atoms with van der Waals surface area (Å²) in [6.45, 7) is 2.74. The lowest BCUT2D eigenvalue weighted by Gasteiger charge is -2.40. The van der Waals surface area contributed by atoms with Crippen molar-refractivity contribution in [2.24, 2.45) is 11.8 Å². The van der Waals surface area contributed by atoms with Crippen molar-refractivity contribution < 1.29 is 19.5 Å². The van der Waals surface area contributed by atoms with Gasteiger partial charge in [-0.1, -0.05) is 30.8 Å². The summed E-state index contributed by atoms with van der Waals surface area (Å²) in [5, 5.41) is 9.29. The lowest BCUT2D eigenvalue weighted by Crippen LogP contribution is -2.57. The number of thioether (sulfide) groups is 1. The van der Waals surface area contributed by atoms with Gasteiger partial charge in [-0.05, 0) is 30.9 Å². The lowest BCUT2D eigenvalue weighted by molar-refractivity contribution is -0.148. The molecule has 132 valence electrons. The highest BCUT2D eigenvalue weighted by Gasteiger charge is 2.58. The van der Waals surface area contributed by atoms with Crippen LogP contribution >= 0.6 is 11.8 Å². The predicted molar refractivity (Wildman–Crippen MR) is 93.2 cm³/mol. The third-order valence-electron chi connectivity index (χ3n) is 5.52. The van der Waals surface area contributed by atoms with Gasteiger partial charge < -0.3 is 10.0 Å². The van der Waals surface area contributed by atoms with E-state index >= 15 is 0 Å². The Morgan fingerprint density at radius 3 is 2.80 bits per heavy atom. The first-order chi connectivity index (χ1) is 11.9. The molecule has 0 aliphatic carbocycles. The first kappa shape index (κ1) is 16.4. The highest BCUT2D eigenvalue weighted by atomic mass is 32.2. The van der Waals surface area contributed by atoms with Crippen molar-refractivity contribution in [3.63, 3.8) is 0 Å². The average molecular weight is 360 g/mol. The third-order valence-corrected chi connectivity index (χ3v) is 6.98. The number of aliphatic carboxylic acids is 1. The number of carboxylic acid groups (broad SMARTS) is 1. The Morgan fingerprint density at radius 1 is 1.32 bits per heavy atom. The van der Waals surface area contributed by atoms with E-state index in [0.29, 0.717) is 32.4 Å². The highest BCUT2D eigenvalue weighted by molar-refractivity contribution is 8.02. The Kier molecular flexibility index (Phi) is 3.79. The summed E-state index contributed by atoms with van der Waals surface area (Å²) in [6.07, 6.45) is 1.33. The van der Waals surface area contributed by atoms with Crippen molar-refractivity contribution in [2.75, 3.05) is 18.0 Å². The Hall–Kier alpha value is -2.02. The molecule has 4 rings (SSSR count). The van der Waals surface area contributed by atoms with Crippen LogP contribution in [-0.2, 0) is 14.4 Å². The molecule has 2 saturated heterocycles. The molecule has 1 aromatic carbocycles. The van der Waals surface area contributed by atoms with E-state index in [1.165, 1.54) is 11.8 Å². The standard InChI is InChI=1S/C18H20N2O4S/c1-11-10-19(9-7-12(11)16(22)23)17(24)18-8-6-15(21)20(18)13-4-2-3-5-14(13)25-18/h2-5,11-12H,6-10H2,1H3,(H,22,23). The number of anilines is 1. The zero-order chi connectivity index (χ0) is 17.8. The Morgan fingerprint density at radius 2 is 2.08 bits per heavy atom. The van der Waals surface area contributed by atoms with Crippen molar-refractivity contribution in [3.05, 3.63) is 24.3 Å². The van der Waals surface area contributed by atoms with Crippen LogP contribution in [0.3, 0.4) is 0 Å². The smallest absolute Gasteiger partial charge is 0.306 e. The van der Waals surface area contributed by atoms with Crippen LogP contribution in [0.25, 0.3) is 0 Å². The molecule has 0 radical (unpaired) electrons. The van der Waals surface area contributed by atoms with Gasteiger partial charge in [0.1, 0.15) is 0 Å². The van der Waals surface area contributed by atoms with Crippen molar-refractivity contribution in [2.45, 2.75) is 36.0 Å². The topological polar surface area (TPSA) is 77.9 Å². The molecule has 0 aromatic heterocycles. The first-order valence-electron chi connectivity index (χ1n) is 8.57. The van der Waals surface area contributed by atoms with Crippen LogP contribution in [-0.4, -0.2) is 45.8 Å². The molecule has 3 unspecified atom stereocenters. The van der Waals surface area contributed by atoms with Crippen LogP contribution in [0.15, 0.2) is 29.2 Å². The predicted octanol–water partition coefficient (Wildman–Crippen LogP) is 2.18. The molecule has 3 aliphatic rings. The number of nitrogens with zero attached hydrogens (tertiary/aromatic N) is 2. The van der Waals surface area contributed by atoms with Crippen molar-refractivity contribution in [1.82, 2.24) is 4.90 Å². The number of rotatable bonds is 2. The number of carboxylic acids is 1. The lowest BCUT2D eigenvalue weighted by atomic mass is 9.86. The maximum atomic E-state index is 13.4. The largest absolute Gasteiger partial charge is 0.481 e. The van der Waals surface area contributed by atoms with E-state index in [4.69, 9.17) is 0 Å². The minimum absolute atomic E-state index is 0.0146. The molecule has 25 heavy (non-hydrogen) atoms. The minimum Gasteiger partial charge on any atom is -0.481 e. The molecule has 0 saturated carbocycles. The van der Waals surface area contributed by atoms with Crippen molar-refractivity contribution >= 4 is 35.2 Å². The second-order valence-electron chi connectivity index (χ2n) is 7.05. The summed E-state index contributed by atoms with van der Waals surface area (Å²) >= 11 is 1.47. The molecular formula is C18H20N2O4S. The molecule has 1 aromatic rings. The summed E-state index contributed by atoms with van der Waals surface area (Å²) in [4.78, 5) is 40.7. The van der Waals surface area contributed by atoms with Gasteiger partial charge in [-0.15, -0.1) is 0 Å². The number of carbonyl (C=O) groups excluding carboxylic acids is 2. The van der Waals surface area contributed by atoms with E-state index in [1.807, 2.05) is 31.2 Å². The number of carbonyl (C=O) groups is 3. The molecule has 2 amide bonds. The number of likely N-dealkylation sites (tertiary alicyclic amines) is 1. The summed E-state index contributed by atoms with van der Waals surface area (Å²) in [5.41, 5.74) is 0.817. The van der Waals surface area contributed by atoms with E-state index in [-0.39, 0.29) is 17.7 Å². The minimum atomic E-state index is -0.892. The second-order valence-corrected chi connectivity index (χ2v) is 8.36. The maximum Gasteiger partial charge on any atom is 0.306 e. The van der Waals surface area contributed by atoms with Crippen molar-refractivity contribution in [3.8, 4) is 0 Å². The molecule has 0 bridgehead atoms. The summed E-state index contributed by atoms with van der Waals surface area (Å²) in [6, 6.07) is 7.63. The maximum absolute atomic E-state index is 13.4. The third kappa shape index (κ3) is 2.36. The number of piperidine rings is 1. The Bertz CT molecular complexity index is 767. The number of para-hydroxylation sites is 1. The normalized spacial score (nSPS) is 31.0. The van der Waals surface area contributed by atoms with Crippen molar-refractivity contribution in [1.29, 1.82) is 0 Å². The number of hydrogen-bond acceptors (Lipinski definition) is 4. The summed E-state index contributed by atoms with van der Waals surface area (Å²) < 4.78 is 0. The quantitative estimate of drug-likeness (QED) is 0.875. The fraction of sp³-hybridized carbons (Fsp3) is 0.500. The molecular weight excluding hydrogens is 340 g/mol. The van der Waals surface area contributed by atoms with Crippen LogP contribution < -0.4 is 4.90 Å². The number of hydrogen-bond donors (Lipinski definition) is 1. The highest BCUT2D eigenvalue weighted by Crippen LogP contribution is 2.56. The first-order valence-corrected chi connectivity index (χ1v) is 9.39. The molecule has 2 fully saturated rings. The van der Waals surface area contributed by atoms with Gasteiger partial charge in [0.05, 0.1) is 11.6 Å². The van der Waals surface area contributed by atoms with Gasteiger partial charge >= 0.3 is 5.97 Å². The molecule has 0 spiro atoms. The number of benzene rings is 1. The molecule has 7 heteroatoms.